The lowest BCUT2D eigenvalue weighted by Gasteiger charge is -2.32. The highest BCUT2D eigenvalue weighted by molar-refractivity contribution is 5.71. The maximum absolute atomic E-state index is 11.1. The zero-order chi connectivity index (χ0) is 11.3. The van der Waals surface area contributed by atoms with Gasteiger partial charge in [-0.25, -0.2) is 0 Å². The summed E-state index contributed by atoms with van der Waals surface area (Å²) in [6.07, 6.45) is 4.79. The largest absolute Gasteiger partial charge is 0.465 e. The Morgan fingerprint density at radius 3 is 2.62 bits per heavy atom. The third kappa shape index (κ3) is 1.57. The Hall–Kier alpha value is -0.530. The number of rotatable bonds is 2. The molecule has 3 fully saturated rings. The second kappa shape index (κ2) is 3.75. The van der Waals surface area contributed by atoms with Crippen LogP contribution in [0.15, 0.2) is 0 Å². The van der Waals surface area contributed by atoms with E-state index in [1.165, 1.54) is 19.3 Å². The van der Waals surface area contributed by atoms with E-state index in [4.69, 9.17) is 4.74 Å². The van der Waals surface area contributed by atoms with Crippen LogP contribution in [0, 0.1) is 35.5 Å². The van der Waals surface area contributed by atoms with Gasteiger partial charge in [-0.15, -0.1) is 0 Å². The van der Waals surface area contributed by atoms with Crippen LogP contribution < -0.4 is 0 Å². The molecule has 0 radical (unpaired) electrons. The van der Waals surface area contributed by atoms with Crippen LogP contribution in [0.3, 0.4) is 0 Å². The number of hydrogen-bond donors (Lipinski definition) is 0. The number of ether oxygens (including phenoxy) is 1. The van der Waals surface area contributed by atoms with E-state index in [1.54, 1.807) is 0 Å². The molecule has 90 valence electrons. The smallest absolute Gasteiger partial charge is 0.306 e. The molecule has 0 spiro atoms. The predicted octanol–water partition coefficient (Wildman–Crippen LogP) is 2.87. The number of carbonyl (C=O) groups is 1. The molecule has 2 heteroatoms. The molecule has 2 bridgehead atoms. The average molecular weight is 222 g/mol. The molecule has 2 nitrogen and oxygen atoms in total. The van der Waals surface area contributed by atoms with E-state index in [0.717, 1.165) is 29.6 Å². The molecule has 0 N–H and O–H groups in total. The van der Waals surface area contributed by atoms with Crippen molar-refractivity contribution in [3.05, 3.63) is 0 Å². The Balaban J connectivity index is 1.60. The molecule has 1 heterocycles. The molecular formula is C14H22O2. The highest BCUT2D eigenvalue weighted by Gasteiger charge is 2.49. The van der Waals surface area contributed by atoms with Crippen molar-refractivity contribution in [1.29, 1.82) is 0 Å². The summed E-state index contributed by atoms with van der Waals surface area (Å²) in [6.45, 7) is 5.54. The maximum atomic E-state index is 11.1. The first-order valence-electron chi connectivity index (χ1n) is 6.80. The maximum Gasteiger partial charge on any atom is 0.306 e. The van der Waals surface area contributed by atoms with Crippen molar-refractivity contribution < 1.29 is 9.53 Å². The van der Waals surface area contributed by atoms with Crippen LogP contribution in [0.1, 0.15) is 39.5 Å². The van der Waals surface area contributed by atoms with Gasteiger partial charge in [-0.3, -0.25) is 4.79 Å². The minimum atomic E-state index is 0.0228. The van der Waals surface area contributed by atoms with Gasteiger partial charge in [0.1, 0.15) is 0 Å². The highest BCUT2D eigenvalue weighted by atomic mass is 16.5. The first-order chi connectivity index (χ1) is 7.65. The van der Waals surface area contributed by atoms with Crippen molar-refractivity contribution >= 4 is 5.97 Å². The first kappa shape index (κ1) is 10.6. The van der Waals surface area contributed by atoms with Gasteiger partial charge >= 0.3 is 5.97 Å². The zero-order valence-corrected chi connectivity index (χ0v) is 10.3. The van der Waals surface area contributed by atoms with Crippen molar-refractivity contribution in [2.75, 3.05) is 6.61 Å². The van der Waals surface area contributed by atoms with Crippen molar-refractivity contribution in [3.63, 3.8) is 0 Å². The number of cyclic esters (lactones) is 1. The summed E-state index contributed by atoms with van der Waals surface area (Å²) < 4.78 is 5.06. The summed E-state index contributed by atoms with van der Waals surface area (Å²) in [5.41, 5.74) is 0. The molecule has 0 aromatic heterocycles. The molecular weight excluding hydrogens is 200 g/mol. The van der Waals surface area contributed by atoms with Crippen LogP contribution >= 0.6 is 0 Å². The Morgan fingerprint density at radius 1 is 1.25 bits per heavy atom. The van der Waals surface area contributed by atoms with Gasteiger partial charge in [-0.2, -0.15) is 0 Å². The van der Waals surface area contributed by atoms with Crippen molar-refractivity contribution in [2.45, 2.75) is 39.5 Å². The van der Waals surface area contributed by atoms with Crippen LogP contribution in [0.4, 0.5) is 0 Å². The van der Waals surface area contributed by atoms with Crippen LogP contribution in [-0.2, 0) is 9.53 Å². The molecule has 1 saturated heterocycles. The summed E-state index contributed by atoms with van der Waals surface area (Å²) in [5, 5.41) is 0. The fraction of sp³-hybridized carbons (Fsp3) is 0.929. The number of esters is 1. The molecule has 1 aliphatic heterocycles. The molecule has 6 atom stereocenters. The second-order valence-electron chi connectivity index (χ2n) is 6.36. The summed E-state index contributed by atoms with van der Waals surface area (Å²) in [5.74, 6) is 5.19. The standard InChI is InChI=1S/C14H22O2/c1-8-9(2)13-6-11(8)5-12(13)3-10-4-14(15)16-7-10/h8-13H,3-7H2,1-2H3. The molecule has 0 amide bonds. The fourth-order valence-electron chi connectivity index (χ4n) is 4.51. The van der Waals surface area contributed by atoms with E-state index in [1.807, 2.05) is 0 Å². The van der Waals surface area contributed by atoms with E-state index in [0.29, 0.717) is 18.9 Å². The summed E-state index contributed by atoms with van der Waals surface area (Å²) in [6, 6.07) is 0. The second-order valence-corrected chi connectivity index (χ2v) is 6.36. The summed E-state index contributed by atoms with van der Waals surface area (Å²) in [4.78, 5) is 11.1. The van der Waals surface area contributed by atoms with E-state index >= 15 is 0 Å². The van der Waals surface area contributed by atoms with Crippen LogP contribution in [0.2, 0.25) is 0 Å². The quantitative estimate of drug-likeness (QED) is 0.672. The van der Waals surface area contributed by atoms with Gasteiger partial charge in [0.2, 0.25) is 0 Å². The zero-order valence-electron chi connectivity index (χ0n) is 10.3. The summed E-state index contributed by atoms with van der Waals surface area (Å²) in [7, 11) is 0. The van der Waals surface area contributed by atoms with Crippen LogP contribution in [-0.4, -0.2) is 12.6 Å². The molecule has 16 heavy (non-hydrogen) atoms. The molecule has 6 unspecified atom stereocenters. The van der Waals surface area contributed by atoms with Gasteiger partial charge < -0.3 is 4.74 Å². The molecule has 0 aromatic carbocycles. The molecule has 3 aliphatic rings. The van der Waals surface area contributed by atoms with Crippen LogP contribution in [0.5, 0.6) is 0 Å². The Kier molecular flexibility index (Phi) is 2.49. The van der Waals surface area contributed by atoms with E-state index in [9.17, 15) is 4.79 Å². The topological polar surface area (TPSA) is 26.3 Å². The monoisotopic (exact) mass is 222 g/mol. The number of fused-ring (bicyclic) bond motifs is 2. The van der Waals surface area contributed by atoms with E-state index in [2.05, 4.69) is 13.8 Å². The van der Waals surface area contributed by atoms with Gasteiger partial charge in [0, 0.05) is 5.92 Å². The van der Waals surface area contributed by atoms with Gasteiger partial charge in [0.15, 0.2) is 0 Å². The fourth-order valence-corrected chi connectivity index (χ4v) is 4.51. The number of hydrogen-bond acceptors (Lipinski definition) is 2. The van der Waals surface area contributed by atoms with Gasteiger partial charge in [0.05, 0.1) is 13.0 Å². The van der Waals surface area contributed by atoms with Gasteiger partial charge in [0.25, 0.3) is 0 Å². The van der Waals surface area contributed by atoms with E-state index < -0.39 is 0 Å². The number of carbonyl (C=O) groups excluding carboxylic acids is 1. The van der Waals surface area contributed by atoms with Crippen molar-refractivity contribution in [1.82, 2.24) is 0 Å². The lowest BCUT2D eigenvalue weighted by Crippen LogP contribution is -2.26. The predicted molar refractivity (Wildman–Crippen MR) is 61.7 cm³/mol. The van der Waals surface area contributed by atoms with Gasteiger partial charge in [-0.1, -0.05) is 13.8 Å². The minimum Gasteiger partial charge on any atom is -0.465 e. The minimum absolute atomic E-state index is 0.0228. The Morgan fingerprint density at radius 2 is 2.06 bits per heavy atom. The van der Waals surface area contributed by atoms with Crippen LogP contribution in [0.25, 0.3) is 0 Å². The Labute approximate surface area is 97.7 Å². The first-order valence-corrected chi connectivity index (χ1v) is 6.80. The summed E-state index contributed by atoms with van der Waals surface area (Å²) >= 11 is 0. The Bertz CT molecular complexity index is 297. The molecule has 3 rings (SSSR count). The van der Waals surface area contributed by atoms with Crippen molar-refractivity contribution in [3.8, 4) is 0 Å². The third-order valence-corrected chi connectivity index (χ3v) is 5.61. The third-order valence-electron chi connectivity index (χ3n) is 5.61. The average Bonchev–Trinajstić information content (AvgIpc) is 2.88. The lowest BCUT2D eigenvalue weighted by atomic mass is 9.73. The molecule has 2 aliphatic carbocycles. The van der Waals surface area contributed by atoms with Gasteiger partial charge in [-0.05, 0) is 48.9 Å². The van der Waals surface area contributed by atoms with E-state index in [-0.39, 0.29) is 5.97 Å². The normalized spacial score (nSPS) is 51.0. The van der Waals surface area contributed by atoms with Crippen molar-refractivity contribution in [2.24, 2.45) is 35.5 Å². The SMILES string of the molecule is CC1C2CC(CC3COC(=O)C3)C(C2)C1C. The molecule has 0 aromatic rings. The highest BCUT2D eigenvalue weighted by Crippen LogP contribution is 2.56. The lowest BCUT2D eigenvalue weighted by molar-refractivity contribution is -0.137. The molecule has 2 saturated carbocycles.